The molecule has 220 valence electrons. The van der Waals surface area contributed by atoms with E-state index in [2.05, 4.69) is 26.0 Å². The maximum absolute atomic E-state index is 13.7. The molecular weight excluding hydrogens is 652 g/mol. The average molecular weight is 674 g/mol. The van der Waals surface area contributed by atoms with E-state index in [0.29, 0.717) is 38.4 Å². The third-order valence-corrected chi connectivity index (χ3v) is 7.52. The predicted octanol–water partition coefficient (Wildman–Crippen LogP) is 7.99. The molecule has 0 amide bonds. The zero-order chi connectivity index (χ0) is 30.8. The number of ether oxygens (including phenoxy) is 2. The van der Waals surface area contributed by atoms with Crippen LogP contribution in [0, 0.1) is 10.1 Å². The van der Waals surface area contributed by atoms with E-state index in [0.717, 1.165) is 14.5 Å². The van der Waals surface area contributed by atoms with Crippen molar-refractivity contribution in [1.82, 2.24) is 9.66 Å². The Balaban J connectivity index is 1.45. The fourth-order valence-electron chi connectivity index (χ4n) is 4.63. The van der Waals surface area contributed by atoms with Crippen molar-refractivity contribution in [3.63, 3.8) is 0 Å². The van der Waals surface area contributed by atoms with Crippen LogP contribution in [0.3, 0.4) is 0 Å². The number of nitro groups is 1. The molecule has 0 bridgehead atoms. The number of hydrogen-bond donors (Lipinski definition) is 0. The van der Waals surface area contributed by atoms with Crippen molar-refractivity contribution in [2.45, 2.75) is 13.5 Å². The third kappa shape index (κ3) is 5.79. The normalized spacial score (nSPS) is 11.4. The molecule has 0 aliphatic rings. The second kappa shape index (κ2) is 12.3. The van der Waals surface area contributed by atoms with Crippen molar-refractivity contribution in [1.29, 1.82) is 0 Å². The highest BCUT2D eigenvalue weighted by molar-refractivity contribution is 9.10. The Morgan fingerprint density at radius 2 is 1.86 bits per heavy atom. The molecule has 0 radical (unpaired) electrons. The van der Waals surface area contributed by atoms with Crippen molar-refractivity contribution in [3.05, 3.63) is 126 Å². The summed E-state index contributed by atoms with van der Waals surface area (Å²) >= 11 is 9.71. The standard InChI is InChI=1S/C32H22BrClN4O6/c1-2-42-28-14-19(13-26(38(40)41)30(28)43-18-20-7-3-5-9-24(20)34)17-35-37-31(36-25-10-6-4-8-23(25)32(37)39)29-16-21-15-22(33)11-12-27(21)44-29/h3-17H,2,18H2,1H3. The lowest BCUT2D eigenvalue weighted by molar-refractivity contribution is -0.386. The van der Waals surface area contributed by atoms with Gasteiger partial charge in [0.2, 0.25) is 11.6 Å². The Kier molecular flexibility index (Phi) is 8.14. The van der Waals surface area contributed by atoms with Gasteiger partial charge in [-0.05, 0) is 55.5 Å². The second-order valence-corrected chi connectivity index (χ2v) is 10.9. The summed E-state index contributed by atoms with van der Waals surface area (Å²) in [6.07, 6.45) is 1.33. The van der Waals surface area contributed by atoms with Crippen molar-refractivity contribution < 1.29 is 18.8 Å². The van der Waals surface area contributed by atoms with Gasteiger partial charge in [0, 0.05) is 32.1 Å². The average Bonchev–Trinajstić information content (AvgIpc) is 3.43. The summed E-state index contributed by atoms with van der Waals surface area (Å²) in [6.45, 7) is 1.97. The molecule has 0 saturated carbocycles. The molecule has 4 aromatic carbocycles. The second-order valence-electron chi connectivity index (χ2n) is 9.54. The molecule has 0 aliphatic heterocycles. The molecule has 2 heterocycles. The van der Waals surface area contributed by atoms with Gasteiger partial charge in [-0.3, -0.25) is 14.9 Å². The molecule has 0 fully saturated rings. The number of nitro benzene ring substituents is 1. The molecule has 0 N–H and O–H groups in total. The van der Waals surface area contributed by atoms with Gasteiger partial charge in [-0.1, -0.05) is 57.9 Å². The minimum absolute atomic E-state index is 0.0103. The Labute approximate surface area is 263 Å². The number of aromatic nitrogens is 2. The van der Waals surface area contributed by atoms with Gasteiger partial charge in [-0.2, -0.15) is 9.78 Å². The summed E-state index contributed by atoms with van der Waals surface area (Å²) < 4.78 is 19.6. The van der Waals surface area contributed by atoms with Gasteiger partial charge < -0.3 is 13.9 Å². The highest BCUT2D eigenvalue weighted by Gasteiger charge is 2.23. The van der Waals surface area contributed by atoms with Crippen LogP contribution in [0.25, 0.3) is 33.5 Å². The molecule has 10 nitrogen and oxygen atoms in total. The topological polar surface area (TPSA) is 122 Å². The summed E-state index contributed by atoms with van der Waals surface area (Å²) in [4.78, 5) is 29.9. The van der Waals surface area contributed by atoms with Gasteiger partial charge >= 0.3 is 5.69 Å². The maximum Gasteiger partial charge on any atom is 0.315 e. The molecule has 44 heavy (non-hydrogen) atoms. The van der Waals surface area contributed by atoms with E-state index >= 15 is 0 Å². The lowest BCUT2D eigenvalue weighted by Gasteiger charge is -2.14. The molecule has 0 spiro atoms. The Hall–Kier alpha value is -5.00. The fourth-order valence-corrected chi connectivity index (χ4v) is 5.20. The minimum Gasteiger partial charge on any atom is -0.490 e. The minimum atomic E-state index is -0.566. The molecule has 12 heteroatoms. The van der Waals surface area contributed by atoms with E-state index in [1.165, 1.54) is 12.3 Å². The zero-order valence-electron chi connectivity index (χ0n) is 23.1. The molecule has 0 atom stereocenters. The third-order valence-electron chi connectivity index (χ3n) is 6.66. The maximum atomic E-state index is 13.7. The van der Waals surface area contributed by atoms with Crippen molar-refractivity contribution in [2.24, 2.45) is 5.10 Å². The van der Waals surface area contributed by atoms with Gasteiger partial charge in [-0.25, -0.2) is 4.98 Å². The van der Waals surface area contributed by atoms with Crippen LogP contribution < -0.4 is 15.0 Å². The first-order valence-electron chi connectivity index (χ1n) is 13.4. The number of benzene rings is 4. The predicted molar refractivity (Wildman–Crippen MR) is 172 cm³/mol. The van der Waals surface area contributed by atoms with Gasteiger partial charge in [-0.15, -0.1) is 0 Å². The van der Waals surface area contributed by atoms with Crippen LogP contribution in [0.2, 0.25) is 5.02 Å². The summed E-state index contributed by atoms with van der Waals surface area (Å²) in [6, 6.07) is 24.1. The van der Waals surface area contributed by atoms with Gasteiger partial charge in [0.05, 0.1) is 28.6 Å². The zero-order valence-corrected chi connectivity index (χ0v) is 25.4. The number of nitrogens with zero attached hydrogens (tertiary/aromatic N) is 4. The first-order valence-corrected chi connectivity index (χ1v) is 14.6. The number of halogens is 2. The summed E-state index contributed by atoms with van der Waals surface area (Å²) in [5.74, 6) is 0.578. The first kappa shape index (κ1) is 29.1. The fraction of sp³-hybridized carbons (Fsp3) is 0.0938. The van der Waals surface area contributed by atoms with Crippen LogP contribution in [0.4, 0.5) is 5.69 Å². The summed E-state index contributed by atoms with van der Waals surface area (Å²) in [5, 5.41) is 18.2. The van der Waals surface area contributed by atoms with E-state index < -0.39 is 10.5 Å². The highest BCUT2D eigenvalue weighted by atomic mass is 79.9. The van der Waals surface area contributed by atoms with E-state index in [-0.39, 0.29) is 36.2 Å². The lowest BCUT2D eigenvalue weighted by Crippen LogP contribution is -2.20. The van der Waals surface area contributed by atoms with Crippen molar-refractivity contribution >= 4 is 61.3 Å². The molecule has 6 rings (SSSR count). The van der Waals surface area contributed by atoms with Gasteiger partial charge in [0.25, 0.3) is 5.56 Å². The summed E-state index contributed by atoms with van der Waals surface area (Å²) in [5.41, 5.74) is 1.25. The summed E-state index contributed by atoms with van der Waals surface area (Å²) in [7, 11) is 0. The van der Waals surface area contributed by atoms with E-state index in [4.69, 9.17) is 25.5 Å². The Morgan fingerprint density at radius 1 is 1.07 bits per heavy atom. The van der Waals surface area contributed by atoms with Crippen LogP contribution in [0.5, 0.6) is 11.5 Å². The van der Waals surface area contributed by atoms with E-state index in [9.17, 15) is 14.9 Å². The quantitative estimate of drug-likeness (QED) is 0.0866. The smallest absolute Gasteiger partial charge is 0.315 e. The van der Waals surface area contributed by atoms with Crippen molar-refractivity contribution in [3.8, 4) is 23.1 Å². The number of furan rings is 1. The lowest BCUT2D eigenvalue weighted by atomic mass is 10.1. The number of fused-ring (bicyclic) bond motifs is 2. The Morgan fingerprint density at radius 3 is 2.66 bits per heavy atom. The molecule has 2 aromatic heterocycles. The molecule has 0 unspecified atom stereocenters. The SMILES string of the molecule is CCOc1cc(C=Nn2c(-c3cc4cc(Br)ccc4o3)nc3ccccc3c2=O)cc([N+](=O)[O-])c1OCc1ccccc1Cl. The molecule has 6 aromatic rings. The monoisotopic (exact) mass is 672 g/mol. The van der Waals surface area contributed by atoms with Gasteiger partial charge in [0.1, 0.15) is 12.2 Å². The highest BCUT2D eigenvalue weighted by Crippen LogP contribution is 2.39. The number of hydrogen-bond acceptors (Lipinski definition) is 8. The van der Waals surface area contributed by atoms with E-state index in [1.807, 2.05) is 12.1 Å². The van der Waals surface area contributed by atoms with Crippen molar-refractivity contribution in [2.75, 3.05) is 6.61 Å². The number of rotatable bonds is 9. The van der Waals surface area contributed by atoms with Crippen LogP contribution in [0.15, 0.2) is 104 Å². The first-order chi connectivity index (χ1) is 21.3. The number of para-hydroxylation sites is 1. The Bertz CT molecular complexity index is 2140. The molecular formula is C32H22BrClN4O6. The molecule has 0 saturated heterocycles. The van der Waals surface area contributed by atoms with Crippen LogP contribution in [0.1, 0.15) is 18.1 Å². The largest absolute Gasteiger partial charge is 0.490 e. The van der Waals surface area contributed by atoms with Crippen LogP contribution in [-0.4, -0.2) is 27.4 Å². The van der Waals surface area contributed by atoms with Gasteiger partial charge in [0.15, 0.2) is 11.5 Å². The molecule has 0 aliphatic carbocycles. The van der Waals surface area contributed by atoms with Crippen LogP contribution >= 0.6 is 27.5 Å². The van der Waals surface area contributed by atoms with Crippen LogP contribution in [-0.2, 0) is 6.61 Å². The van der Waals surface area contributed by atoms with E-state index in [1.54, 1.807) is 73.7 Å².